The molecule has 0 radical (unpaired) electrons. The van der Waals surface area contributed by atoms with Crippen LogP contribution in [-0.4, -0.2) is 28.0 Å². The Bertz CT molecular complexity index is 531. The lowest BCUT2D eigenvalue weighted by Gasteiger charge is -2.22. The number of carboxylic acids is 1. The van der Waals surface area contributed by atoms with Gasteiger partial charge in [-0.2, -0.15) is 0 Å². The maximum absolute atomic E-state index is 12.2. The van der Waals surface area contributed by atoms with Crippen LogP contribution in [0.15, 0.2) is 12.1 Å². The van der Waals surface area contributed by atoms with E-state index in [9.17, 15) is 14.7 Å². The highest BCUT2D eigenvalue weighted by Gasteiger charge is 2.30. The number of nitrogens with one attached hydrogen (secondary N) is 1. The number of amides is 1. The number of carboxylic acid groups (broad SMARTS) is 1. The molecule has 2 rings (SSSR count). The fourth-order valence-electron chi connectivity index (χ4n) is 2.62. The van der Waals surface area contributed by atoms with Crippen molar-refractivity contribution in [1.82, 2.24) is 10.3 Å². The normalized spacial score (nSPS) is 22.4. The Balaban J connectivity index is 2.14. The van der Waals surface area contributed by atoms with E-state index >= 15 is 0 Å². The molecule has 2 atom stereocenters. The third-order valence-electron chi connectivity index (χ3n) is 3.67. The first-order valence-electron chi connectivity index (χ1n) is 6.84. The Hall–Kier alpha value is -1.33. The Kier molecular flexibility index (Phi) is 5.42. The molecule has 2 N–H and O–H groups in total. The van der Waals surface area contributed by atoms with Crippen molar-refractivity contribution in [3.05, 3.63) is 28.0 Å². The highest BCUT2D eigenvalue weighted by Crippen LogP contribution is 2.24. The van der Waals surface area contributed by atoms with Gasteiger partial charge in [-0.1, -0.05) is 42.5 Å². The van der Waals surface area contributed by atoms with E-state index in [4.69, 9.17) is 23.2 Å². The van der Waals surface area contributed by atoms with Crippen molar-refractivity contribution in [3.8, 4) is 0 Å². The van der Waals surface area contributed by atoms with Gasteiger partial charge in [0.1, 0.15) is 10.3 Å². The smallest absolute Gasteiger partial charge is 0.308 e. The summed E-state index contributed by atoms with van der Waals surface area (Å²) < 4.78 is 0. The second-order valence-corrected chi connectivity index (χ2v) is 5.94. The number of pyridine rings is 1. The van der Waals surface area contributed by atoms with Gasteiger partial charge >= 0.3 is 5.97 Å². The van der Waals surface area contributed by atoms with Crippen LogP contribution in [0.5, 0.6) is 0 Å². The van der Waals surface area contributed by atoms with E-state index in [0.717, 1.165) is 19.3 Å². The first kappa shape index (κ1) is 16.0. The Morgan fingerprint density at radius 3 is 2.38 bits per heavy atom. The average molecular weight is 331 g/mol. The number of nitrogens with zero attached hydrogens (tertiary/aromatic N) is 1. The van der Waals surface area contributed by atoms with Gasteiger partial charge in [-0.3, -0.25) is 9.59 Å². The monoisotopic (exact) mass is 330 g/mol. The lowest BCUT2D eigenvalue weighted by molar-refractivity contribution is -0.142. The minimum Gasteiger partial charge on any atom is -0.481 e. The molecule has 2 unspecified atom stereocenters. The molecule has 1 fully saturated rings. The minimum atomic E-state index is -0.868. The van der Waals surface area contributed by atoms with E-state index in [1.54, 1.807) is 0 Å². The summed E-state index contributed by atoms with van der Waals surface area (Å²) in [6.07, 6.45) is 4.01. The number of rotatable bonds is 3. The number of halogens is 2. The highest BCUT2D eigenvalue weighted by atomic mass is 35.5. The molecule has 7 heteroatoms. The zero-order valence-electron chi connectivity index (χ0n) is 11.3. The third-order valence-corrected chi connectivity index (χ3v) is 4.06. The fourth-order valence-corrected chi connectivity index (χ4v) is 3.08. The number of aliphatic carboxylic acids is 1. The largest absolute Gasteiger partial charge is 0.481 e. The number of carbonyl (C=O) groups excluding carboxylic acids is 1. The summed E-state index contributed by atoms with van der Waals surface area (Å²) in [5.41, 5.74) is 0.286. The second kappa shape index (κ2) is 7.09. The SMILES string of the molecule is O=C(NC1CCCCCC1C(=O)O)c1cc(Cl)nc(Cl)c1. The summed E-state index contributed by atoms with van der Waals surface area (Å²) in [4.78, 5) is 27.4. The van der Waals surface area contributed by atoms with Crippen molar-refractivity contribution < 1.29 is 14.7 Å². The van der Waals surface area contributed by atoms with Crippen molar-refractivity contribution in [1.29, 1.82) is 0 Å². The molecule has 1 aromatic heterocycles. The van der Waals surface area contributed by atoms with Crippen LogP contribution in [-0.2, 0) is 4.79 Å². The second-order valence-electron chi connectivity index (χ2n) is 5.16. The average Bonchev–Trinajstić information content (AvgIpc) is 2.63. The van der Waals surface area contributed by atoms with Crippen molar-refractivity contribution in [2.45, 2.75) is 38.1 Å². The van der Waals surface area contributed by atoms with Gasteiger partial charge in [-0.15, -0.1) is 0 Å². The Morgan fingerprint density at radius 2 is 1.76 bits per heavy atom. The van der Waals surface area contributed by atoms with Crippen molar-refractivity contribution >= 4 is 35.1 Å². The van der Waals surface area contributed by atoms with E-state index in [2.05, 4.69) is 10.3 Å². The van der Waals surface area contributed by atoms with E-state index in [-0.39, 0.29) is 27.8 Å². The first-order valence-corrected chi connectivity index (χ1v) is 7.59. The molecule has 21 heavy (non-hydrogen) atoms. The summed E-state index contributed by atoms with van der Waals surface area (Å²) in [5.74, 6) is -1.79. The van der Waals surface area contributed by atoms with Crippen LogP contribution < -0.4 is 5.32 Å². The fraction of sp³-hybridized carbons (Fsp3) is 0.500. The molecule has 0 aromatic carbocycles. The quantitative estimate of drug-likeness (QED) is 0.659. The molecule has 1 aliphatic carbocycles. The van der Waals surface area contributed by atoms with Crippen molar-refractivity contribution in [3.63, 3.8) is 0 Å². The standard InChI is InChI=1S/C14H16Cl2N2O3/c15-11-6-8(7-12(16)18-11)13(19)17-10-5-3-1-2-4-9(10)14(20)21/h6-7,9-10H,1-5H2,(H,17,19)(H,20,21). The lowest BCUT2D eigenvalue weighted by atomic mass is 9.94. The van der Waals surface area contributed by atoms with Crippen LogP contribution in [0.25, 0.3) is 0 Å². The van der Waals surface area contributed by atoms with Gasteiger partial charge < -0.3 is 10.4 Å². The van der Waals surface area contributed by atoms with E-state index in [0.29, 0.717) is 12.8 Å². The van der Waals surface area contributed by atoms with Gasteiger partial charge in [-0.25, -0.2) is 4.98 Å². The van der Waals surface area contributed by atoms with Crippen LogP contribution in [0.2, 0.25) is 10.3 Å². The number of carbonyl (C=O) groups is 2. The number of hydrogen-bond donors (Lipinski definition) is 2. The van der Waals surface area contributed by atoms with Gasteiger partial charge in [0.25, 0.3) is 5.91 Å². The molecule has 0 saturated heterocycles. The molecular formula is C14H16Cl2N2O3. The third kappa shape index (κ3) is 4.32. The minimum absolute atomic E-state index is 0.128. The van der Waals surface area contributed by atoms with E-state index in [1.165, 1.54) is 12.1 Å². The lowest BCUT2D eigenvalue weighted by Crippen LogP contribution is -2.42. The summed E-state index contributed by atoms with van der Waals surface area (Å²) in [6.45, 7) is 0. The first-order chi connectivity index (χ1) is 9.97. The molecule has 1 amide bonds. The van der Waals surface area contributed by atoms with Crippen LogP contribution in [0.4, 0.5) is 0 Å². The topological polar surface area (TPSA) is 79.3 Å². The van der Waals surface area contributed by atoms with Crippen molar-refractivity contribution in [2.24, 2.45) is 5.92 Å². The molecule has 1 saturated carbocycles. The van der Waals surface area contributed by atoms with Gasteiger partial charge in [0, 0.05) is 11.6 Å². The Labute approximate surface area is 132 Å². The van der Waals surface area contributed by atoms with Crippen LogP contribution >= 0.6 is 23.2 Å². The maximum atomic E-state index is 12.2. The highest BCUT2D eigenvalue weighted by molar-refractivity contribution is 6.33. The van der Waals surface area contributed by atoms with Gasteiger partial charge in [0.2, 0.25) is 0 Å². The van der Waals surface area contributed by atoms with Crippen LogP contribution in [0, 0.1) is 5.92 Å². The Morgan fingerprint density at radius 1 is 1.14 bits per heavy atom. The van der Waals surface area contributed by atoms with E-state index in [1.807, 2.05) is 0 Å². The predicted molar refractivity (Wildman–Crippen MR) is 79.7 cm³/mol. The molecule has 114 valence electrons. The van der Waals surface area contributed by atoms with Crippen LogP contribution in [0.3, 0.4) is 0 Å². The van der Waals surface area contributed by atoms with Crippen molar-refractivity contribution in [2.75, 3.05) is 0 Å². The molecule has 1 heterocycles. The predicted octanol–water partition coefficient (Wildman–Crippen LogP) is 3.15. The summed E-state index contributed by atoms with van der Waals surface area (Å²) in [5, 5.41) is 12.4. The maximum Gasteiger partial charge on any atom is 0.308 e. The van der Waals surface area contributed by atoms with Gasteiger partial charge in [0.05, 0.1) is 5.92 Å². The molecular weight excluding hydrogens is 315 g/mol. The molecule has 1 aromatic rings. The molecule has 5 nitrogen and oxygen atoms in total. The van der Waals surface area contributed by atoms with Crippen LogP contribution in [0.1, 0.15) is 42.5 Å². The number of hydrogen-bond acceptors (Lipinski definition) is 3. The number of aromatic nitrogens is 1. The summed E-state index contributed by atoms with van der Waals surface area (Å²) in [6, 6.07) is 2.45. The summed E-state index contributed by atoms with van der Waals surface area (Å²) in [7, 11) is 0. The summed E-state index contributed by atoms with van der Waals surface area (Å²) >= 11 is 11.5. The molecule has 0 bridgehead atoms. The van der Waals surface area contributed by atoms with E-state index < -0.39 is 11.9 Å². The zero-order valence-corrected chi connectivity index (χ0v) is 12.8. The van der Waals surface area contributed by atoms with Gasteiger partial charge in [0.15, 0.2) is 0 Å². The molecule has 1 aliphatic rings. The van der Waals surface area contributed by atoms with Gasteiger partial charge in [-0.05, 0) is 25.0 Å². The molecule has 0 spiro atoms. The molecule has 0 aliphatic heterocycles. The zero-order chi connectivity index (χ0) is 15.4.